The predicted molar refractivity (Wildman–Crippen MR) is 83.0 cm³/mol. The summed E-state index contributed by atoms with van der Waals surface area (Å²) in [7, 11) is 0. The van der Waals surface area contributed by atoms with E-state index in [1.165, 1.54) is 0 Å². The van der Waals surface area contributed by atoms with Crippen LogP contribution < -0.4 is 4.48 Å². The number of benzene rings is 2. The average molecular weight is 334 g/mol. The molecule has 2 aromatic carbocycles. The summed E-state index contributed by atoms with van der Waals surface area (Å²) in [6, 6.07) is 9.72. The number of fused-ring (bicyclic) bond motifs is 2. The first kappa shape index (κ1) is 13.8. The predicted octanol–water partition coefficient (Wildman–Crippen LogP) is 2.43. The highest BCUT2D eigenvalue weighted by molar-refractivity contribution is 6.16. The molecule has 0 N–H and O–H groups in total. The van der Waals surface area contributed by atoms with Gasteiger partial charge in [0.05, 0.1) is 22.3 Å². The lowest BCUT2D eigenvalue weighted by molar-refractivity contribution is 0.0425. The van der Waals surface area contributed by atoms with Crippen LogP contribution in [0.25, 0.3) is 0 Å². The Labute approximate surface area is 140 Å². The van der Waals surface area contributed by atoms with E-state index in [-0.39, 0.29) is 26.7 Å². The number of carbonyl (C=O) groups is 4. The van der Waals surface area contributed by atoms with Crippen molar-refractivity contribution in [2.75, 3.05) is 0 Å². The molecule has 0 atom stereocenters. The van der Waals surface area contributed by atoms with Gasteiger partial charge in [-0.15, -0.1) is 0 Å². The van der Waals surface area contributed by atoms with Gasteiger partial charge in [0.15, 0.2) is 12.4 Å². The fraction of sp³-hybridized carbons (Fsp3) is 0. The molecular weight excluding hydrogens is 326 g/mol. The molecule has 0 saturated carbocycles. The van der Waals surface area contributed by atoms with Crippen molar-refractivity contribution < 1.29 is 28.7 Å². The van der Waals surface area contributed by atoms with Gasteiger partial charge in [0.25, 0.3) is 0 Å². The molecule has 2 aromatic rings. The van der Waals surface area contributed by atoms with Crippen molar-refractivity contribution in [3.63, 3.8) is 0 Å². The molecule has 7 nitrogen and oxygen atoms in total. The van der Waals surface area contributed by atoms with Crippen LogP contribution in [0.3, 0.4) is 0 Å². The summed E-state index contributed by atoms with van der Waals surface area (Å²) >= 11 is 0. The van der Waals surface area contributed by atoms with E-state index in [2.05, 4.69) is 9.47 Å². The molecule has 5 rings (SSSR count). The van der Waals surface area contributed by atoms with E-state index in [0.717, 1.165) is 0 Å². The zero-order valence-electron chi connectivity index (χ0n) is 12.5. The van der Waals surface area contributed by atoms with Crippen molar-refractivity contribution in [2.24, 2.45) is 0 Å². The van der Waals surface area contributed by atoms with Crippen LogP contribution in [0.15, 0.2) is 48.8 Å². The molecule has 0 aromatic heterocycles. The van der Waals surface area contributed by atoms with E-state index >= 15 is 0 Å². The van der Waals surface area contributed by atoms with Crippen molar-refractivity contribution in [3.05, 3.63) is 71.1 Å². The highest BCUT2D eigenvalue weighted by Crippen LogP contribution is 2.45. The topological polar surface area (TPSA) is 86.7 Å². The van der Waals surface area contributed by atoms with Crippen molar-refractivity contribution in [1.82, 2.24) is 4.48 Å². The van der Waals surface area contributed by atoms with Gasteiger partial charge in [0, 0.05) is 24.3 Å². The third-order valence-electron chi connectivity index (χ3n) is 4.56. The van der Waals surface area contributed by atoms with Gasteiger partial charge in [-0.3, -0.25) is 0 Å². The van der Waals surface area contributed by atoms with Crippen molar-refractivity contribution in [1.29, 1.82) is 0 Å². The number of carbonyl (C=O) groups excluding carboxylic acids is 4. The Morgan fingerprint density at radius 2 is 0.960 bits per heavy atom. The standard InChI is InChI=1S/C18H8NO6/c20-15-11-3-1-9(7-13(11)17(22)24-15)19(5-6-19)10-2-4-12-14(8-10)18(23)25-16(12)21/h1-8H/q+1. The molecule has 3 heterocycles. The van der Waals surface area contributed by atoms with E-state index in [1.807, 2.05) is 12.4 Å². The third kappa shape index (κ3) is 1.72. The summed E-state index contributed by atoms with van der Waals surface area (Å²) in [5.74, 6) is -2.67. The Balaban J connectivity index is 1.62. The van der Waals surface area contributed by atoms with Crippen molar-refractivity contribution in [3.8, 4) is 0 Å². The molecule has 25 heavy (non-hydrogen) atoms. The molecule has 0 bridgehead atoms. The van der Waals surface area contributed by atoms with Gasteiger partial charge in [-0.1, -0.05) is 0 Å². The number of rotatable bonds is 2. The van der Waals surface area contributed by atoms with Gasteiger partial charge in [-0.05, 0) is 12.1 Å². The number of quaternary nitrogens is 1. The second kappa shape index (κ2) is 4.28. The molecule has 0 aliphatic carbocycles. The van der Waals surface area contributed by atoms with E-state index in [0.29, 0.717) is 11.4 Å². The smallest absolute Gasteiger partial charge is 0.347 e. The van der Waals surface area contributed by atoms with Gasteiger partial charge in [-0.2, -0.15) is 4.48 Å². The van der Waals surface area contributed by atoms with E-state index in [1.54, 1.807) is 36.4 Å². The van der Waals surface area contributed by atoms with Crippen molar-refractivity contribution in [2.45, 2.75) is 0 Å². The Bertz CT molecular complexity index is 995. The van der Waals surface area contributed by atoms with Gasteiger partial charge in [0.1, 0.15) is 11.4 Å². The number of esters is 4. The largest absolute Gasteiger partial charge is 0.386 e. The van der Waals surface area contributed by atoms with E-state index in [9.17, 15) is 19.2 Å². The summed E-state index contributed by atoms with van der Waals surface area (Å²) in [5.41, 5.74) is 2.31. The normalized spacial score (nSPS) is 18.7. The summed E-state index contributed by atoms with van der Waals surface area (Å²) in [6.45, 7) is 0. The molecule has 0 saturated heterocycles. The lowest BCUT2D eigenvalue weighted by Crippen LogP contribution is -2.19. The first-order valence-corrected chi connectivity index (χ1v) is 7.41. The second-order valence-electron chi connectivity index (χ2n) is 5.89. The molecule has 0 unspecified atom stereocenters. The van der Waals surface area contributed by atoms with E-state index in [4.69, 9.17) is 0 Å². The maximum atomic E-state index is 11.8. The van der Waals surface area contributed by atoms with Crippen LogP contribution in [0.4, 0.5) is 11.4 Å². The zero-order chi connectivity index (χ0) is 17.3. The fourth-order valence-corrected chi connectivity index (χ4v) is 3.17. The third-order valence-corrected chi connectivity index (χ3v) is 4.56. The van der Waals surface area contributed by atoms with Crippen LogP contribution >= 0.6 is 0 Å². The van der Waals surface area contributed by atoms with Gasteiger partial charge in [-0.25, -0.2) is 19.2 Å². The summed E-state index contributed by atoms with van der Waals surface area (Å²) in [6.07, 6.45) is 3.71. The average Bonchev–Trinajstić information content (AvgIpc) is 3.30. The Kier molecular flexibility index (Phi) is 2.37. The van der Waals surface area contributed by atoms with Crippen molar-refractivity contribution >= 4 is 35.3 Å². The molecule has 0 fully saturated rings. The highest BCUT2D eigenvalue weighted by atomic mass is 16.6. The zero-order valence-corrected chi connectivity index (χ0v) is 12.5. The molecule has 0 spiro atoms. The summed E-state index contributed by atoms with van der Waals surface area (Å²) in [5, 5.41) is 0. The van der Waals surface area contributed by atoms with Crippen LogP contribution in [-0.2, 0) is 9.47 Å². The summed E-state index contributed by atoms with van der Waals surface area (Å²) < 4.78 is 9.40. The minimum Gasteiger partial charge on any atom is -0.386 e. The highest BCUT2D eigenvalue weighted by Gasteiger charge is 2.44. The Hall–Kier alpha value is -3.58. The second-order valence-corrected chi connectivity index (χ2v) is 5.89. The van der Waals surface area contributed by atoms with Crippen LogP contribution in [0.2, 0.25) is 0 Å². The molecular formula is C18H8NO6+. The van der Waals surface area contributed by atoms with Gasteiger partial charge < -0.3 is 9.47 Å². The lowest BCUT2D eigenvalue weighted by atomic mass is 10.1. The summed E-state index contributed by atoms with van der Waals surface area (Å²) in [4.78, 5) is 46.7. The molecule has 0 amide bonds. The minimum absolute atomic E-state index is 0.184. The molecule has 0 radical (unpaired) electrons. The number of hydrogen-bond donors (Lipinski definition) is 0. The Morgan fingerprint density at radius 3 is 1.36 bits per heavy atom. The molecule has 7 heteroatoms. The van der Waals surface area contributed by atoms with Crippen LogP contribution in [0.1, 0.15) is 41.4 Å². The van der Waals surface area contributed by atoms with Crippen LogP contribution in [0.5, 0.6) is 0 Å². The van der Waals surface area contributed by atoms with Crippen LogP contribution in [0, 0.1) is 0 Å². The van der Waals surface area contributed by atoms with Crippen LogP contribution in [-0.4, -0.2) is 23.9 Å². The number of nitrogens with zero attached hydrogens (tertiary/aromatic N) is 1. The Morgan fingerprint density at radius 1 is 0.560 bits per heavy atom. The monoisotopic (exact) mass is 334 g/mol. The molecule has 3 aliphatic heterocycles. The number of cyclic esters (lactones) is 4. The quantitative estimate of drug-likeness (QED) is 0.476. The first-order chi connectivity index (χ1) is 12.0. The first-order valence-electron chi connectivity index (χ1n) is 7.41. The molecule has 120 valence electrons. The number of ether oxygens (including phenoxy) is 2. The lowest BCUT2D eigenvalue weighted by Gasteiger charge is -2.18. The maximum absolute atomic E-state index is 11.8. The minimum atomic E-state index is -0.676. The molecule has 3 aliphatic rings. The van der Waals surface area contributed by atoms with E-state index < -0.39 is 23.9 Å². The van der Waals surface area contributed by atoms with Gasteiger partial charge in [0.2, 0.25) is 0 Å². The number of hydrogen-bond acceptors (Lipinski definition) is 6. The maximum Gasteiger partial charge on any atom is 0.347 e. The van der Waals surface area contributed by atoms with Gasteiger partial charge >= 0.3 is 23.9 Å². The SMILES string of the molecule is O=C1OC(=O)c2cc([N+]3(c4ccc5c(c4)C(=O)OC5=O)C=C3)ccc21. The fourth-order valence-electron chi connectivity index (χ4n) is 3.17.